The fraction of sp³-hybridized carbons (Fsp3) is 0.909. The molecule has 0 bridgehead atoms. The second-order valence-corrected chi connectivity index (χ2v) is 7.34. The number of methoxy groups -OCH3 is 1. The third kappa shape index (κ3) is 26.9. The van der Waals surface area contributed by atoms with Gasteiger partial charge >= 0.3 is 0 Å². The zero-order chi connectivity index (χ0) is 18.7. The molecule has 0 atom stereocenters. The highest BCUT2D eigenvalue weighted by atomic mass is 16.5. The summed E-state index contributed by atoms with van der Waals surface area (Å²) in [5, 5.41) is 0. The Morgan fingerprint density at radius 2 is 1.61 bits per heavy atom. The summed E-state index contributed by atoms with van der Waals surface area (Å²) in [6.45, 7) is 20.7. The molecule has 0 aromatic heterocycles. The molecule has 0 spiro atoms. The first-order valence-electron chi connectivity index (χ1n) is 9.95. The Hall–Kier alpha value is -0.300. The monoisotopic (exact) mass is 328 g/mol. The number of rotatable bonds is 6. The molecule has 0 saturated heterocycles. The number of allylic oxidation sites excluding steroid dienone is 1. The van der Waals surface area contributed by atoms with E-state index >= 15 is 0 Å². The highest BCUT2D eigenvalue weighted by molar-refractivity contribution is 4.67. The summed E-state index contributed by atoms with van der Waals surface area (Å²) in [4.78, 5) is 0. The van der Waals surface area contributed by atoms with Crippen LogP contribution in [0.4, 0.5) is 0 Å². The number of hydrogen-bond acceptors (Lipinski definition) is 1. The van der Waals surface area contributed by atoms with Gasteiger partial charge in [0.05, 0.1) is 5.60 Å². The van der Waals surface area contributed by atoms with Crippen molar-refractivity contribution in [1.29, 1.82) is 0 Å². The van der Waals surface area contributed by atoms with Gasteiger partial charge in [0, 0.05) is 7.11 Å². The average Bonchev–Trinajstić information content (AvgIpc) is 3.00. The largest absolute Gasteiger partial charge is 0.379 e. The molecule has 0 unspecified atom stereocenters. The van der Waals surface area contributed by atoms with Crippen LogP contribution in [-0.4, -0.2) is 12.7 Å². The van der Waals surface area contributed by atoms with Gasteiger partial charge in [-0.05, 0) is 38.5 Å². The molecule has 1 heteroatoms. The second kappa shape index (κ2) is 19.7. The summed E-state index contributed by atoms with van der Waals surface area (Å²) in [7, 11) is 1.79. The number of hydrogen-bond donors (Lipinski definition) is 0. The SMILES string of the molecule is C=CCC.CC.CC1CCCC1.COC(C)(C)CCCC(C)C. The van der Waals surface area contributed by atoms with Crippen molar-refractivity contribution >= 4 is 0 Å². The molecular formula is C22H48O. The molecule has 142 valence electrons. The van der Waals surface area contributed by atoms with Crippen molar-refractivity contribution in [3.8, 4) is 0 Å². The van der Waals surface area contributed by atoms with Gasteiger partial charge in [0.2, 0.25) is 0 Å². The van der Waals surface area contributed by atoms with E-state index in [9.17, 15) is 0 Å². The Kier molecular flexibility index (Phi) is 23.6. The maximum absolute atomic E-state index is 5.32. The van der Waals surface area contributed by atoms with Crippen LogP contribution < -0.4 is 0 Å². The molecule has 1 aliphatic rings. The average molecular weight is 329 g/mol. The van der Waals surface area contributed by atoms with Gasteiger partial charge in [-0.25, -0.2) is 0 Å². The second-order valence-electron chi connectivity index (χ2n) is 7.34. The quantitative estimate of drug-likeness (QED) is 0.448. The van der Waals surface area contributed by atoms with Gasteiger partial charge in [0.25, 0.3) is 0 Å². The van der Waals surface area contributed by atoms with E-state index in [1.807, 2.05) is 19.9 Å². The lowest BCUT2D eigenvalue weighted by molar-refractivity contribution is 0.0129. The van der Waals surface area contributed by atoms with E-state index in [1.165, 1.54) is 44.9 Å². The Bertz CT molecular complexity index is 212. The Morgan fingerprint density at radius 3 is 1.83 bits per heavy atom. The summed E-state index contributed by atoms with van der Waals surface area (Å²) in [6.07, 6.45) is 12.7. The third-order valence-corrected chi connectivity index (χ3v) is 4.05. The molecule has 0 heterocycles. The van der Waals surface area contributed by atoms with Crippen LogP contribution >= 0.6 is 0 Å². The van der Waals surface area contributed by atoms with E-state index in [0.29, 0.717) is 0 Å². The Balaban J connectivity index is -0.000000278. The molecule has 0 aromatic rings. The first-order chi connectivity index (χ1) is 10.8. The maximum Gasteiger partial charge on any atom is 0.0622 e. The van der Waals surface area contributed by atoms with Crippen LogP contribution in [0.2, 0.25) is 0 Å². The van der Waals surface area contributed by atoms with Crippen molar-refractivity contribution in [1.82, 2.24) is 0 Å². The van der Waals surface area contributed by atoms with Crippen LogP contribution in [0.5, 0.6) is 0 Å². The molecule has 1 fully saturated rings. The predicted octanol–water partition coefficient (Wildman–Crippen LogP) is 8.04. The van der Waals surface area contributed by atoms with Gasteiger partial charge < -0.3 is 4.74 Å². The molecule has 1 nitrogen and oxygen atoms in total. The van der Waals surface area contributed by atoms with E-state index in [2.05, 4.69) is 48.1 Å². The van der Waals surface area contributed by atoms with Crippen LogP contribution in [-0.2, 0) is 4.74 Å². The zero-order valence-corrected chi connectivity index (χ0v) is 18.0. The van der Waals surface area contributed by atoms with Crippen molar-refractivity contribution in [3.05, 3.63) is 12.7 Å². The minimum Gasteiger partial charge on any atom is -0.379 e. The summed E-state index contributed by atoms with van der Waals surface area (Å²) >= 11 is 0. The van der Waals surface area contributed by atoms with Gasteiger partial charge in [-0.15, -0.1) is 6.58 Å². The fourth-order valence-electron chi connectivity index (χ4n) is 2.17. The molecule has 1 aliphatic carbocycles. The van der Waals surface area contributed by atoms with Gasteiger partial charge in [-0.2, -0.15) is 0 Å². The van der Waals surface area contributed by atoms with Crippen molar-refractivity contribution in [2.45, 2.75) is 112 Å². The maximum atomic E-state index is 5.32. The molecule has 0 amide bonds. The lowest BCUT2D eigenvalue weighted by atomic mass is 9.98. The van der Waals surface area contributed by atoms with Crippen LogP contribution in [0.1, 0.15) is 107 Å². The van der Waals surface area contributed by atoms with E-state index in [0.717, 1.165) is 18.3 Å². The van der Waals surface area contributed by atoms with Crippen molar-refractivity contribution < 1.29 is 4.74 Å². The van der Waals surface area contributed by atoms with Gasteiger partial charge in [0.1, 0.15) is 0 Å². The Morgan fingerprint density at radius 1 is 1.17 bits per heavy atom. The van der Waals surface area contributed by atoms with E-state index < -0.39 is 0 Å². The highest BCUT2D eigenvalue weighted by Gasteiger charge is 2.15. The third-order valence-electron chi connectivity index (χ3n) is 4.05. The predicted molar refractivity (Wildman–Crippen MR) is 109 cm³/mol. The minimum absolute atomic E-state index is 0.0783. The smallest absolute Gasteiger partial charge is 0.0622 e. The van der Waals surface area contributed by atoms with Crippen molar-refractivity contribution in [2.24, 2.45) is 11.8 Å². The minimum atomic E-state index is 0.0783. The van der Waals surface area contributed by atoms with Gasteiger partial charge in [-0.3, -0.25) is 0 Å². The van der Waals surface area contributed by atoms with E-state index in [4.69, 9.17) is 4.74 Å². The van der Waals surface area contributed by atoms with E-state index in [-0.39, 0.29) is 5.60 Å². The van der Waals surface area contributed by atoms with E-state index in [1.54, 1.807) is 7.11 Å². The Labute approximate surface area is 149 Å². The summed E-state index contributed by atoms with van der Waals surface area (Å²) in [5.74, 6) is 1.87. The molecule has 0 N–H and O–H groups in total. The molecular weight excluding hydrogens is 280 g/mol. The molecule has 1 rings (SSSR count). The molecule has 0 radical (unpaired) electrons. The summed E-state index contributed by atoms with van der Waals surface area (Å²) in [6, 6.07) is 0. The summed E-state index contributed by atoms with van der Waals surface area (Å²) in [5.41, 5.74) is 0.0783. The normalized spacial score (nSPS) is 14.0. The highest BCUT2D eigenvalue weighted by Crippen LogP contribution is 2.23. The van der Waals surface area contributed by atoms with Crippen molar-refractivity contribution in [2.75, 3.05) is 7.11 Å². The number of ether oxygens (including phenoxy) is 1. The van der Waals surface area contributed by atoms with Crippen LogP contribution in [0.25, 0.3) is 0 Å². The van der Waals surface area contributed by atoms with Crippen LogP contribution in [0.3, 0.4) is 0 Å². The van der Waals surface area contributed by atoms with Crippen LogP contribution in [0.15, 0.2) is 12.7 Å². The topological polar surface area (TPSA) is 9.23 Å². The molecule has 0 aromatic carbocycles. The van der Waals surface area contributed by atoms with Gasteiger partial charge in [-0.1, -0.05) is 86.1 Å². The molecule has 23 heavy (non-hydrogen) atoms. The first-order valence-corrected chi connectivity index (χ1v) is 9.95. The molecule has 0 aliphatic heterocycles. The standard InChI is InChI=1S/C10H22O.C6H12.C4H8.C2H6/c1-9(2)7-6-8-10(3,4)11-5;1-6-4-2-3-5-6;1-3-4-2;1-2/h9H,6-8H2,1-5H3;6H,2-5H2,1H3;3H,1,4H2,2H3;1-2H3. The van der Waals surface area contributed by atoms with Gasteiger partial charge in [0.15, 0.2) is 0 Å². The first kappa shape index (κ1) is 27.5. The molecule has 1 saturated carbocycles. The van der Waals surface area contributed by atoms with Crippen LogP contribution in [0, 0.1) is 11.8 Å². The summed E-state index contributed by atoms with van der Waals surface area (Å²) < 4.78 is 5.32. The van der Waals surface area contributed by atoms with Crippen molar-refractivity contribution in [3.63, 3.8) is 0 Å². The lowest BCUT2D eigenvalue weighted by Crippen LogP contribution is -2.22. The fourth-order valence-corrected chi connectivity index (χ4v) is 2.17. The lowest BCUT2D eigenvalue weighted by Gasteiger charge is -2.22. The zero-order valence-electron chi connectivity index (χ0n) is 18.0.